The molecular weight excluding hydrogens is 426 g/mol. The first-order valence-corrected chi connectivity index (χ1v) is 10.2. The highest BCUT2D eigenvalue weighted by Gasteiger charge is 2.23. The zero-order chi connectivity index (χ0) is 24.5. The Morgan fingerprint density at radius 3 is 2.30 bits per heavy atom. The Balaban J connectivity index is 2.17. The van der Waals surface area contributed by atoms with Gasteiger partial charge < -0.3 is 10.4 Å². The van der Waals surface area contributed by atoms with Crippen molar-refractivity contribution < 1.29 is 24.3 Å². The second-order valence-corrected chi connectivity index (χ2v) is 7.52. The third-order valence-electron chi connectivity index (χ3n) is 4.96. The lowest BCUT2D eigenvalue weighted by molar-refractivity contribution is -0.139. The molecule has 6 N–H and O–H groups in total. The van der Waals surface area contributed by atoms with Crippen LogP contribution in [0.4, 0.5) is 5.69 Å². The van der Waals surface area contributed by atoms with Crippen molar-refractivity contribution >= 4 is 34.9 Å². The van der Waals surface area contributed by atoms with Gasteiger partial charge in [-0.15, -0.1) is 0 Å². The van der Waals surface area contributed by atoms with Crippen molar-refractivity contribution in [2.45, 2.75) is 33.6 Å². The van der Waals surface area contributed by atoms with E-state index in [0.29, 0.717) is 11.3 Å². The Hall–Kier alpha value is -4.05. The molecule has 0 fully saturated rings. The highest BCUT2D eigenvalue weighted by Crippen LogP contribution is 2.19. The number of ketones is 1. The Kier molecular flexibility index (Phi) is 8.81. The van der Waals surface area contributed by atoms with E-state index in [9.17, 15) is 24.3 Å². The number of Topliss-reactive ketones (excluding diaryl/α,β-unsaturated/α-hetero) is 1. The van der Waals surface area contributed by atoms with E-state index in [1.165, 1.54) is 24.3 Å². The van der Waals surface area contributed by atoms with Crippen LogP contribution in [0.2, 0.25) is 0 Å². The first kappa shape index (κ1) is 25.2. The molecule has 1 unspecified atom stereocenters. The number of hydrogen-bond donors (Lipinski definition) is 5. The van der Waals surface area contributed by atoms with Crippen LogP contribution in [0.25, 0.3) is 0 Å². The van der Waals surface area contributed by atoms with Gasteiger partial charge in [-0.2, -0.15) is 5.10 Å². The van der Waals surface area contributed by atoms with Gasteiger partial charge in [0.2, 0.25) is 5.91 Å². The minimum absolute atomic E-state index is 0.0104. The zero-order valence-corrected chi connectivity index (χ0v) is 18.6. The van der Waals surface area contributed by atoms with Crippen LogP contribution in [-0.2, 0) is 14.4 Å². The number of phenolic OH excluding ortho intramolecular Hbond substituents is 1. The molecule has 0 heterocycles. The van der Waals surface area contributed by atoms with E-state index in [4.69, 9.17) is 5.84 Å². The van der Waals surface area contributed by atoms with Gasteiger partial charge in [-0.3, -0.25) is 24.6 Å². The number of aryl methyl sites for hydroxylation is 2. The second-order valence-electron chi connectivity index (χ2n) is 7.52. The number of aromatic hydroxyl groups is 1. The SMILES string of the molecule is Cc1ccc(C)c(NC(=O)CC/C(=N\NC(=O)C(=O)NN)C(C)C(=O)c2ccc(O)cc2)c1. The van der Waals surface area contributed by atoms with Gasteiger partial charge in [0.25, 0.3) is 0 Å². The van der Waals surface area contributed by atoms with E-state index in [2.05, 4.69) is 15.8 Å². The fourth-order valence-corrected chi connectivity index (χ4v) is 2.96. The largest absolute Gasteiger partial charge is 0.508 e. The summed E-state index contributed by atoms with van der Waals surface area (Å²) in [6, 6.07) is 11.4. The average molecular weight is 453 g/mol. The normalized spacial score (nSPS) is 11.9. The third-order valence-corrected chi connectivity index (χ3v) is 4.96. The summed E-state index contributed by atoms with van der Waals surface area (Å²) in [4.78, 5) is 48.5. The van der Waals surface area contributed by atoms with Gasteiger partial charge in [-0.1, -0.05) is 12.1 Å². The number of carbonyl (C=O) groups is 4. The molecule has 3 amide bonds. The predicted molar refractivity (Wildman–Crippen MR) is 123 cm³/mol. The number of nitrogens with zero attached hydrogens (tertiary/aromatic N) is 1. The number of nitrogens with one attached hydrogen (secondary N) is 3. The van der Waals surface area contributed by atoms with Gasteiger partial charge in [0, 0.05) is 23.4 Å². The molecule has 0 bridgehead atoms. The van der Waals surface area contributed by atoms with Crippen LogP contribution in [0.15, 0.2) is 47.6 Å². The fraction of sp³-hybridized carbons (Fsp3) is 0.261. The van der Waals surface area contributed by atoms with Crippen molar-refractivity contribution in [3.05, 3.63) is 59.2 Å². The lowest BCUT2D eigenvalue weighted by atomic mass is 9.92. The van der Waals surface area contributed by atoms with Crippen LogP contribution < -0.4 is 22.0 Å². The lowest BCUT2D eigenvalue weighted by Gasteiger charge is -2.15. The van der Waals surface area contributed by atoms with Gasteiger partial charge in [0.05, 0.1) is 5.92 Å². The molecule has 0 radical (unpaired) electrons. The molecule has 0 saturated carbocycles. The van der Waals surface area contributed by atoms with Crippen LogP contribution >= 0.6 is 0 Å². The monoisotopic (exact) mass is 453 g/mol. The van der Waals surface area contributed by atoms with Crippen LogP contribution in [0, 0.1) is 19.8 Å². The maximum Gasteiger partial charge on any atom is 0.330 e. The Bertz CT molecular complexity index is 1080. The summed E-state index contributed by atoms with van der Waals surface area (Å²) in [5.74, 6) is 1.28. The number of hydrazone groups is 1. The first-order valence-electron chi connectivity index (χ1n) is 10.2. The van der Waals surface area contributed by atoms with E-state index >= 15 is 0 Å². The summed E-state index contributed by atoms with van der Waals surface area (Å²) >= 11 is 0. The fourth-order valence-electron chi connectivity index (χ4n) is 2.96. The average Bonchev–Trinajstić information content (AvgIpc) is 2.80. The number of hydrogen-bond acceptors (Lipinski definition) is 7. The summed E-state index contributed by atoms with van der Waals surface area (Å²) < 4.78 is 0. The van der Waals surface area contributed by atoms with Crippen LogP contribution in [0.1, 0.15) is 41.3 Å². The van der Waals surface area contributed by atoms with E-state index in [1.807, 2.05) is 32.0 Å². The Labute approximate surface area is 191 Å². The minimum atomic E-state index is -1.11. The van der Waals surface area contributed by atoms with Crippen LogP contribution in [0.3, 0.4) is 0 Å². The molecule has 2 aromatic carbocycles. The number of benzene rings is 2. The molecule has 0 aliphatic carbocycles. The lowest BCUT2D eigenvalue weighted by Crippen LogP contribution is -2.42. The minimum Gasteiger partial charge on any atom is -0.508 e. The molecule has 33 heavy (non-hydrogen) atoms. The molecule has 174 valence electrons. The Morgan fingerprint density at radius 1 is 1.00 bits per heavy atom. The highest BCUT2D eigenvalue weighted by atomic mass is 16.3. The number of hydrazine groups is 1. The second kappa shape index (κ2) is 11.5. The van der Waals surface area contributed by atoms with Crippen molar-refractivity contribution in [1.82, 2.24) is 10.9 Å². The zero-order valence-electron chi connectivity index (χ0n) is 18.6. The summed E-state index contributed by atoms with van der Waals surface area (Å²) in [7, 11) is 0. The van der Waals surface area contributed by atoms with Gasteiger partial charge in [0.1, 0.15) is 5.75 Å². The number of amides is 3. The highest BCUT2D eigenvalue weighted by molar-refractivity contribution is 6.35. The molecule has 2 rings (SSSR count). The standard InChI is InChI=1S/C23H27N5O5/c1-13-4-5-14(2)19(12-13)25-20(30)11-10-18(27-28-23(33)22(32)26-24)15(3)21(31)16-6-8-17(29)9-7-16/h4-9,12,15,29H,10-11,24H2,1-3H3,(H,25,30)(H,26,32)(H,28,33)/b27-18+. The molecule has 0 aliphatic rings. The van der Waals surface area contributed by atoms with E-state index < -0.39 is 17.7 Å². The number of nitrogens with two attached hydrogens (primary N) is 1. The molecule has 0 saturated heterocycles. The van der Waals surface area contributed by atoms with Crippen molar-refractivity contribution in [3.8, 4) is 5.75 Å². The summed E-state index contributed by atoms with van der Waals surface area (Å²) in [6.45, 7) is 5.36. The van der Waals surface area contributed by atoms with Crippen molar-refractivity contribution in [1.29, 1.82) is 0 Å². The smallest absolute Gasteiger partial charge is 0.330 e. The number of rotatable bonds is 8. The maximum absolute atomic E-state index is 12.9. The molecule has 2 aromatic rings. The summed E-state index contributed by atoms with van der Waals surface area (Å²) in [5.41, 5.74) is 6.83. The van der Waals surface area contributed by atoms with Crippen molar-refractivity contribution in [2.24, 2.45) is 16.9 Å². The van der Waals surface area contributed by atoms with Gasteiger partial charge in [0.15, 0.2) is 5.78 Å². The summed E-state index contributed by atoms with van der Waals surface area (Å²) in [5, 5.41) is 16.2. The molecule has 0 aliphatic heterocycles. The maximum atomic E-state index is 12.9. The number of phenols is 1. The molecule has 1 atom stereocenters. The number of carbonyl (C=O) groups excluding carboxylic acids is 4. The van der Waals surface area contributed by atoms with Crippen molar-refractivity contribution in [2.75, 3.05) is 5.32 Å². The van der Waals surface area contributed by atoms with Gasteiger partial charge >= 0.3 is 11.8 Å². The Morgan fingerprint density at radius 2 is 1.67 bits per heavy atom. The van der Waals surface area contributed by atoms with Gasteiger partial charge in [-0.25, -0.2) is 11.3 Å². The van der Waals surface area contributed by atoms with Crippen molar-refractivity contribution in [3.63, 3.8) is 0 Å². The van der Waals surface area contributed by atoms with E-state index in [1.54, 1.807) is 12.3 Å². The molecule has 10 heteroatoms. The van der Waals surface area contributed by atoms with E-state index in [0.717, 1.165) is 11.1 Å². The van der Waals surface area contributed by atoms with Crippen LogP contribution in [-0.4, -0.2) is 34.3 Å². The molecular formula is C23H27N5O5. The quantitative estimate of drug-likeness (QED) is 0.102. The van der Waals surface area contributed by atoms with Crippen LogP contribution in [0.5, 0.6) is 5.75 Å². The first-order chi connectivity index (χ1) is 15.6. The third kappa shape index (κ3) is 7.25. The topological polar surface area (TPSA) is 163 Å². The van der Waals surface area contributed by atoms with Gasteiger partial charge in [-0.05, 0) is 68.7 Å². The summed E-state index contributed by atoms with van der Waals surface area (Å²) in [6.07, 6.45) is 0.0323. The molecule has 10 nitrogen and oxygen atoms in total. The van der Waals surface area contributed by atoms with E-state index in [-0.39, 0.29) is 36.0 Å². The number of anilines is 1. The molecule has 0 spiro atoms. The predicted octanol–water partition coefficient (Wildman–Crippen LogP) is 1.71. The molecule has 0 aromatic heterocycles.